The fraction of sp³-hybridized carbons (Fsp3) is 0.586. The minimum absolute atomic E-state index is 0.0253. The van der Waals surface area contributed by atoms with E-state index < -0.39 is 0 Å². The predicted octanol–water partition coefficient (Wildman–Crippen LogP) is 3.56. The monoisotopic (exact) mass is 535 g/mol. The van der Waals surface area contributed by atoms with Gasteiger partial charge in [0.25, 0.3) is 5.91 Å². The summed E-state index contributed by atoms with van der Waals surface area (Å²) >= 11 is 0. The van der Waals surface area contributed by atoms with Gasteiger partial charge in [0.05, 0.1) is 17.9 Å². The lowest BCUT2D eigenvalue weighted by molar-refractivity contribution is -0.112. The van der Waals surface area contributed by atoms with Crippen LogP contribution in [0.15, 0.2) is 30.5 Å². The van der Waals surface area contributed by atoms with Crippen molar-refractivity contribution in [1.29, 1.82) is 0 Å². The molecular formula is C29H37N5O5. The quantitative estimate of drug-likeness (QED) is 0.527. The average molecular weight is 536 g/mol. The van der Waals surface area contributed by atoms with Gasteiger partial charge in [-0.2, -0.15) is 0 Å². The second-order valence-corrected chi connectivity index (χ2v) is 11.3. The maximum atomic E-state index is 13.4. The van der Waals surface area contributed by atoms with Crippen molar-refractivity contribution in [2.75, 3.05) is 32.8 Å². The lowest BCUT2D eigenvalue weighted by Crippen LogP contribution is -2.66. The van der Waals surface area contributed by atoms with Gasteiger partial charge in [-0.15, -0.1) is 0 Å². The molecule has 2 aliphatic carbocycles. The third-order valence-electron chi connectivity index (χ3n) is 8.29. The van der Waals surface area contributed by atoms with Crippen molar-refractivity contribution in [2.24, 2.45) is 5.41 Å². The first-order valence-electron chi connectivity index (χ1n) is 14.2. The first-order chi connectivity index (χ1) is 19.0. The molecule has 10 heteroatoms. The SMILES string of the molecule is CCOc1ncccc1-c1ccc(OC2CC3(C2)CN(C(=O)OC2CCCC2)C3)c(C(=O)NC2CCNC2)n1. The van der Waals surface area contributed by atoms with Gasteiger partial charge in [-0.1, -0.05) is 0 Å². The summed E-state index contributed by atoms with van der Waals surface area (Å²) in [6, 6.07) is 7.45. The summed E-state index contributed by atoms with van der Waals surface area (Å²) in [4.78, 5) is 36.7. The first-order valence-corrected chi connectivity index (χ1v) is 14.2. The summed E-state index contributed by atoms with van der Waals surface area (Å²) in [6.07, 6.45) is 8.36. The summed E-state index contributed by atoms with van der Waals surface area (Å²) in [6.45, 7) is 5.42. The van der Waals surface area contributed by atoms with Gasteiger partial charge < -0.3 is 29.7 Å². The standard InChI is InChI=1S/C29H37N5O5/c1-2-37-27-22(8-5-12-31-27)23-9-10-24(25(33-23)26(35)32-19-11-13-30-16-19)38-21-14-29(15-21)17-34(18-29)28(36)39-20-6-3-4-7-20/h5,8-10,12,19-21,30H,2-4,6-7,11,13-18H2,1H3,(H,32,35). The second kappa shape index (κ2) is 11.0. The molecule has 0 radical (unpaired) electrons. The third kappa shape index (κ3) is 5.52. The fourth-order valence-corrected chi connectivity index (χ4v) is 6.27. The Hall–Kier alpha value is -3.40. The average Bonchev–Trinajstić information content (AvgIpc) is 3.60. The molecule has 4 fully saturated rings. The lowest BCUT2D eigenvalue weighted by atomic mass is 9.62. The van der Waals surface area contributed by atoms with Gasteiger partial charge in [-0.3, -0.25) is 4.79 Å². The number of carbonyl (C=O) groups is 2. The third-order valence-corrected chi connectivity index (χ3v) is 8.29. The number of hydrogen-bond acceptors (Lipinski definition) is 8. The van der Waals surface area contributed by atoms with Gasteiger partial charge in [-0.25, -0.2) is 14.8 Å². The Labute approximate surface area is 228 Å². The highest BCUT2D eigenvalue weighted by molar-refractivity contribution is 5.96. The number of aromatic nitrogens is 2. The number of nitrogens with one attached hydrogen (secondary N) is 2. The molecule has 4 heterocycles. The van der Waals surface area contributed by atoms with E-state index in [0.29, 0.717) is 37.0 Å². The Kier molecular flexibility index (Phi) is 7.29. The maximum Gasteiger partial charge on any atom is 0.410 e. The van der Waals surface area contributed by atoms with E-state index in [0.717, 1.165) is 63.6 Å². The summed E-state index contributed by atoms with van der Waals surface area (Å²) in [5.74, 6) is 0.705. The van der Waals surface area contributed by atoms with Crippen molar-refractivity contribution in [3.8, 4) is 22.9 Å². The van der Waals surface area contributed by atoms with E-state index in [-0.39, 0.29) is 41.4 Å². The predicted molar refractivity (Wildman–Crippen MR) is 144 cm³/mol. The van der Waals surface area contributed by atoms with Gasteiger partial charge in [0.1, 0.15) is 12.2 Å². The highest BCUT2D eigenvalue weighted by atomic mass is 16.6. The Morgan fingerprint density at radius 1 is 1.13 bits per heavy atom. The van der Waals surface area contributed by atoms with E-state index in [9.17, 15) is 9.59 Å². The molecule has 0 bridgehead atoms. The van der Waals surface area contributed by atoms with Crippen LogP contribution < -0.4 is 20.1 Å². The van der Waals surface area contributed by atoms with Crippen LogP contribution in [-0.2, 0) is 4.74 Å². The van der Waals surface area contributed by atoms with E-state index in [4.69, 9.17) is 19.2 Å². The van der Waals surface area contributed by atoms with Gasteiger partial charge >= 0.3 is 6.09 Å². The number of pyridine rings is 2. The largest absolute Gasteiger partial charge is 0.488 e. The van der Waals surface area contributed by atoms with E-state index in [1.165, 1.54) is 0 Å². The van der Waals surface area contributed by atoms with Gasteiger partial charge in [0.15, 0.2) is 11.4 Å². The smallest absolute Gasteiger partial charge is 0.410 e. The van der Waals surface area contributed by atoms with Crippen LogP contribution in [0, 0.1) is 5.41 Å². The molecule has 2 N–H and O–H groups in total. The molecule has 2 saturated carbocycles. The van der Waals surface area contributed by atoms with Crippen molar-refractivity contribution in [3.05, 3.63) is 36.2 Å². The van der Waals surface area contributed by atoms with E-state index in [1.807, 2.05) is 36.1 Å². The zero-order valence-electron chi connectivity index (χ0n) is 22.5. The zero-order chi connectivity index (χ0) is 26.8. The fourth-order valence-electron chi connectivity index (χ4n) is 6.27. The topological polar surface area (TPSA) is 115 Å². The van der Waals surface area contributed by atoms with Crippen molar-refractivity contribution < 1.29 is 23.8 Å². The summed E-state index contributed by atoms with van der Waals surface area (Å²) in [7, 11) is 0. The summed E-state index contributed by atoms with van der Waals surface area (Å²) < 4.78 is 17.7. The number of likely N-dealkylation sites (tertiary alicyclic amines) is 1. The van der Waals surface area contributed by atoms with Crippen LogP contribution in [0.25, 0.3) is 11.3 Å². The lowest BCUT2D eigenvalue weighted by Gasteiger charge is -2.57. The van der Waals surface area contributed by atoms with Crippen LogP contribution in [0.4, 0.5) is 4.79 Å². The molecule has 1 atom stereocenters. The second-order valence-electron chi connectivity index (χ2n) is 11.3. The molecule has 10 nitrogen and oxygen atoms in total. The van der Waals surface area contributed by atoms with Crippen LogP contribution in [0.2, 0.25) is 0 Å². The van der Waals surface area contributed by atoms with Crippen LogP contribution in [0.3, 0.4) is 0 Å². The van der Waals surface area contributed by atoms with E-state index in [2.05, 4.69) is 15.6 Å². The number of carbonyl (C=O) groups excluding carboxylic acids is 2. The Morgan fingerprint density at radius 2 is 1.95 bits per heavy atom. The molecule has 1 unspecified atom stereocenters. The molecule has 0 aromatic carbocycles. The summed E-state index contributed by atoms with van der Waals surface area (Å²) in [5, 5.41) is 6.38. The van der Waals surface area contributed by atoms with Crippen LogP contribution in [0.5, 0.6) is 11.6 Å². The van der Waals surface area contributed by atoms with Crippen LogP contribution >= 0.6 is 0 Å². The molecule has 2 amide bonds. The molecule has 2 saturated heterocycles. The number of rotatable bonds is 8. The van der Waals surface area contributed by atoms with Crippen molar-refractivity contribution in [3.63, 3.8) is 0 Å². The number of hydrogen-bond donors (Lipinski definition) is 2. The van der Waals surface area contributed by atoms with E-state index >= 15 is 0 Å². The van der Waals surface area contributed by atoms with Crippen LogP contribution in [0.1, 0.15) is 62.4 Å². The molecule has 2 aliphatic heterocycles. The molecule has 1 spiro atoms. The number of ether oxygens (including phenoxy) is 3. The molecule has 4 aliphatic rings. The Balaban J connectivity index is 1.13. The van der Waals surface area contributed by atoms with Gasteiger partial charge in [0.2, 0.25) is 5.88 Å². The van der Waals surface area contributed by atoms with Crippen molar-refractivity contribution in [1.82, 2.24) is 25.5 Å². The van der Waals surface area contributed by atoms with Crippen molar-refractivity contribution in [2.45, 2.75) is 70.1 Å². The molecule has 2 aromatic rings. The minimum atomic E-state index is -0.249. The van der Waals surface area contributed by atoms with Gasteiger partial charge in [0, 0.05) is 37.3 Å². The molecular weight excluding hydrogens is 498 g/mol. The maximum absolute atomic E-state index is 13.4. The van der Waals surface area contributed by atoms with Gasteiger partial charge in [-0.05, 0) is 82.7 Å². The Bertz CT molecular complexity index is 1200. The number of amides is 2. The summed E-state index contributed by atoms with van der Waals surface area (Å²) in [5.41, 5.74) is 1.69. The van der Waals surface area contributed by atoms with Crippen LogP contribution in [-0.4, -0.2) is 77.9 Å². The molecule has 2 aromatic heterocycles. The molecule has 208 valence electrons. The Morgan fingerprint density at radius 3 is 2.69 bits per heavy atom. The highest BCUT2D eigenvalue weighted by Crippen LogP contribution is 2.50. The molecule has 39 heavy (non-hydrogen) atoms. The van der Waals surface area contributed by atoms with Crippen molar-refractivity contribution >= 4 is 12.0 Å². The zero-order valence-corrected chi connectivity index (χ0v) is 22.5. The number of nitrogens with zero attached hydrogens (tertiary/aromatic N) is 3. The highest BCUT2D eigenvalue weighted by Gasteiger charge is 2.55. The normalized spacial score (nSPS) is 22.3. The van der Waals surface area contributed by atoms with E-state index in [1.54, 1.807) is 6.20 Å². The molecule has 6 rings (SSSR count). The first kappa shape index (κ1) is 25.9. The minimum Gasteiger partial charge on any atom is -0.488 e.